The molecule has 0 heterocycles. The molecule has 0 aromatic rings. The molecular weight excluding hydrogens is 148 g/mol. The summed E-state index contributed by atoms with van der Waals surface area (Å²) >= 11 is 0. The Morgan fingerprint density at radius 1 is 0.917 bits per heavy atom. The quantitative estimate of drug-likeness (QED) is 0.521. The number of hydrogen-bond donors (Lipinski definition) is 2. The van der Waals surface area contributed by atoms with E-state index in [-0.39, 0.29) is 0 Å². The highest BCUT2D eigenvalue weighted by Gasteiger charge is 1.88. The maximum atomic E-state index is 5.39. The lowest BCUT2D eigenvalue weighted by Gasteiger charge is -2.02. The minimum Gasteiger partial charge on any atom is -0.330 e. The SMILES string of the molecule is CCCCNCCCCCCN. The van der Waals surface area contributed by atoms with Gasteiger partial charge >= 0.3 is 0 Å². The van der Waals surface area contributed by atoms with Gasteiger partial charge in [-0.15, -0.1) is 0 Å². The largest absolute Gasteiger partial charge is 0.330 e. The molecule has 0 spiro atoms. The van der Waals surface area contributed by atoms with Crippen molar-refractivity contribution in [2.45, 2.75) is 45.4 Å². The summed E-state index contributed by atoms with van der Waals surface area (Å²) in [5.74, 6) is 0. The molecule has 0 bridgehead atoms. The maximum Gasteiger partial charge on any atom is -0.00489 e. The molecule has 0 aliphatic carbocycles. The molecule has 0 saturated heterocycles. The number of hydrogen-bond acceptors (Lipinski definition) is 2. The van der Waals surface area contributed by atoms with Crippen LogP contribution in [0.4, 0.5) is 0 Å². The lowest BCUT2D eigenvalue weighted by molar-refractivity contribution is 0.577. The van der Waals surface area contributed by atoms with E-state index < -0.39 is 0 Å². The van der Waals surface area contributed by atoms with E-state index >= 15 is 0 Å². The summed E-state index contributed by atoms with van der Waals surface area (Å²) in [5.41, 5.74) is 5.39. The van der Waals surface area contributed by atoms with E-state index in [0.717, 1.165) is 6.54 Å². The van der Waals surface area contributed by atoms with Gasteiger partial charge in [0, 0.05) is 0 Å². The van der Waals surface area contributed by atoms with Gasteiger partial charge in [-0.2, -0.15) is 0 Å². The zero-order chi connectivity index (χ0) is 9.07. The minimum atomic E-state index is 0.850. The molecule has 74 valence electrons. The molecule has 12 heavy (non-hydrogen) atoms. The van der Waals surface area contributed by atoms with Crippen molar-refractivity contribution >= 4 is 0 Å². The number of nitrogens with two attached hydrogens (primary N) is 1. The van der Waals surface area contributed by atoms with Gasteiger partial charge in [-0.05, 0) is 38.9 Å². The van der Waals surface area contributed by atoms with Crippen LogP contribution >= 0.6 is 0 Å². The van der Waals surface area contributed by atoms with Crippen molar-refractivity contribution in [3.05, 3.63) is 0 Å². The zero-order valence-electron chi connectivity index (χ0n) is 8.44. The first-order valence-electron chi connectivity index (χ1n) is 5.32. The van der Waals surface area contributed by atoms with Crippen LogP contribution in [0.3, 0.4) is 0 Å². The summed E-state index contributed by atoms with van der Waals surface area (Å²) in [6.45, 7) is 5.45. The topological polar surface area (TPSA) is 38.0 Å². The third kappa shape index (κ3) is 9.92. The van der Waals surface area contributed by atoms with Crippen LogP contribution in [0, 0.1) is 0 Å². The van der Waals surface area contributed by atoms with E-state index in [1.165, 1.54) is 51.6 Å². The highest BCUT2D eigenvalue weighted by atomic mass is 14.8. The molecule has 0 amide bonds. The molecule has 0 aromatic carbocycles. The van der Waals surface area contributed by atoms with Crippen LogP contribution in [-0.2, 0) is 0 Å². The van der Waals surface area contributed by atoms with Gasteiger partial charge in [-0.1, -0.05) is 26.2 Å². The smallest absolute Gasteiger partial charge is 0.00489 e. The van der Waals surface area contributed by atoms with Crippen LogP contribution in [0.25, 0.3) is 0 Å². The molecule has 0 radical (unpaired) electrons. The second-order valence-corrected chi connectivity index (χ2v) is 3.31. The molecule has 0 aromatic heterocycles. The second-order valence-electron chi connectivity index (χ2n) is 3.31. The fraction of sp³-hybridized carbons (Fsp3) is 1.00. The van der Waals surface area contributed by atoms with Crippen molar-refractivity contribution in [2.24, 2.45) is 5.73 Å². The monoisotopic (exact) mass is 172 g/mol. The Morgan fingerprint density at radius 3 is 2.25 bits per heavy atom. The van der Waals surface area contributed by atoms with Crippen molar-refractivity contribution in [2.75, 3.05) is 19.6 Å². The molecule has 0 saturated carbocycles. The van der Waals surface area contributed by atoms with Gasteiger partial charge < -0.3 is 11.1 Å². The summed E-state index contributed by atoms with van der Waals surface area (Å²) < 4.78 is 0. The number of rotatable bonds is 9. The highest BCUT2D eigenvalue weighted by molar-refractivity contribution is 4.49. The predicted molar refractivity (Wildman–Crippen MR) is 55.3 cm³/mol. The van der Waals surface area contributed by atoms with Crippen LogP contribution in [0.5, 0.6) is 0 Å². The van der Waals surface area contributed by atoms with Gasteiger partial charge in [0.05, 0.1) is 0 Å². The molecule has 0 fully saturated rings. The first-order valence-corrected chi connectivity index (χ1v) is 5.32. The number of unbranched alkanes of at least 4 members (excludes halogenated alkanes) is 4. The summed E-state index contributed by atoms with van der Waals surface area (Å²) in [6.07, 6.45) is 7.73. The fourth-order valence-electron chi connectivity index (χ4n) is 1.17. The van der Waals surface area contributed by atoms with Gasteiger partial charge in [-0.25, -0.2) is 0 Å². The lowest BCUT2D eigenvalue weighted by atomic mass is 10.2. The zero-order valence-corrected chi connectivity index (χ0v) is 8.44. The normalized spacial score (nSPS) is 10.5. The van der Waals surface area contributed by atoms with Crippen LogP contribution in [0.1, 0.15) is 45.4 Å². The van der Waals surface area contributed by atoms with Crippen molar-refractivity contribution in [3.8, 4) is 0 Å². The summed E-state index contributed by atoms with van der Waals surface area (Å²) in [6, 6.07) is 0. The molecular formula is C10H24N2. The Kier molecular flexibility index (Phi) is 10.8. The Hall–Kier alpha value is -0.0800. The van der Waals surface area contributed by atoms with Crippen molar-refractivity contribution in [1.29, 1.82) is 0 Å². The van der Waals surface area contributed by atoms with E-state index in [9.17, 15) is 0 Å². The lowest BCUT2D eigenvalue weighted by Crippen LogP contribution is -2.16. The third-order valence-electron chi connectivity index (χ3n) is 2.01. The summed E-state index contributed by atoms with van der Waals surface area (Å²) in [7, 11) is 0. The number of nitrogens with one attached hydrogen (secondary N) is 1. The second kappa shape index (κ2) is 10.9. The van der Waals surface area contributed by atoms with Crippen LogP contribution in [0.15, 0.2) is 0 Å². The molecule has 3 N–H and O–H groups in total. The van der Waals surface area contributed by atoms with Gasteiger partial charge in [0.25, 0.3) is 0 Å². The molecule has 0 aliphatic rings. The average Bonchev–Trinajstić information content (AvgIpc) is 2.10. The summed E-state index contributed by atoms with van der Waals surface area (Å²) in [5, 5.41) is 3.43. The molecule has 0 rings (SSSR count). The average molecular weight is 172 g/mol. The Bertz CT molecular complexity index is 64.2. The van der Waals surface area contributed by atoms with Crippen molar-refractivity contribution < 1.29 is 0 Å². The van der Waals surface area contributed by atoms with Gasteiger partial charge in [-0.3, -0.25) is 0 Å². The predicted octanol–water partition coefficient (Wildman–Crippen LogP) is 1.90. The van der Waals surface area contributed by atoms with E-state index in [2.05, 4.69) is 12.2 Å². The Labute approximate surface area is 76.9 Å². The Balaban J connectivity index is 2.73. The Morgan fingerprint density at radius 2 is 1.58 bits per heavy atom. The fourth-order valence-corrected chi connectivity index (χ4v) is 1.17. The van der Waals surface area contributed by atoms with E-state index in [1.807, 2.05) is 0 Å². The molecule has 2 nitrogen and oxygen atoms in total. The van der Waals surface area contributed by atoms with Gasteiger partial charge in [0.1, 0.15) is 0 Å². The minimum absolute atomic E-state index is 0.850. The van der Waals surface area contributed by atoms with Crippen LogP contribution in [-0.4, -0.2) is 19.6 Å². The van der Waals surface area contributed by atoms with Crippen molar-refractivity contribution in [1.82, 2.24) is 5.32 Å². The van der Waals surface area contributed by atoms with Crippen LogP contribution < -0.4 is 11.1 Å². The highest BCUT2D eigenvalue weighted by Crippen LogP contribution is 1.96. The van der Waals surface area contributed by atoms with E-state index in [0.29, 0.717) is 0 Å². The first-order chi connectivity index (χ1) is 5.91. The van der Waals surface area contributed by atoms with E-state index in [1.54, 1.807) is 0 Å². The standard InChI is InChI=1S/C10H24N2/c1-2-3-9-12-10-7-5-4-6-8-11/h12H,2-11H2,1H3. The molecule has 0 aliphatic heterocycles. The maximum absolute atomic E-state index is 5.39. The van der Waals surface area contributed by atoms with Crippen LogP contribution in [0.2, 0.25) is 0 Å². The van der Waals surface area contributed by atoms with Gasteiger partial charge in [0.15, 0.2) is 0 Å². The third-order valence-corrected chi connectivity index (χ3v) is 2.01. The molecule has 0 unspecified atom stereocenters. The van der Waals surface area contributed by atoms with Gasteiger partial charge in [0.2, 0.25) is 0 Å². The van der Waals surface area contributed by atoms with E-state index in [4.69, 9.17) is 5.73 Å². The molecule has 2 heteroatoms. The summed E-state index contributed by atoms with van der Waals surface area (Å²) in [4.78, 5) is 0. The first kappa shape index (κ1) is 11.9. The molecule has 0 atom stereocenters. The van der Waals surface area contributed by atoms with Crippen molar-refractivity contribution in [3.63, 3.8) is 0 Å².